The third-order valence-corrected chi connectivity index (χ3v) is 3.69. The minimum Gasteiger partial charge on any atom is -0.381 e. The summed E-state index contributed by atoms with van der Waals surface area (Å²) in [7, 11) is 0. The highest BCUT2D eigenvalue weighted by molar-refractivity contribution is 5.85. The Kier molecular flexibility index (Phi) is 3.65. The van der Waals surface area contributed by atoms with Gasteiger partial charge in [-0.05, 0) is 26.2 Å². The van der Waals surface area contributed by atoms with Crippen molar-refractivity contribution in [3.63, 3.8) is 0 Å². The number of nitriles is 1. The van der Waals surface area contributed by atoms with Gasteiger partial charge >= 0.3 is 0 Å². The number of amides is 1. The van der Waals surface area contributed by atoms with Crippen molar-refractivity contribution in [3.8, 4) is 6.07 Å². The predicted octanol–water partition coefficient (Wildman–Crippen LogP) is 0.600. The molecule has 0 aromatic carbocycles. The van der Waals surface area contributed by atoms with Gasteiger partial charge in [0.15, 0.2) is 0 Å². The molecule has 2 unspecified atom stereocenters. The first-order valence-electron chi connectivity index (χ1n) is 6.09. The molecule has 17 heavy (non-hydrogen) atoms. The lowest BCUT2D eigenvalue weighted by molar-refractivity contribution is -0.133. The van der Waals surface area contributed by atoms with E-state index in [1.54, 1.807) is 0 Å². The SMILES string of the molecule is CC1OCCC1NC(=O)C1(C#N)CCOCC1. The highest BCUT2D eigenvalue weighted by Gasteiger charge is 2.42. The second-order valence-electron chi connectivity index (χ2n) is 4.75. The van der Waals surface area contributed by atoms with Crippen LogP contribution in [0.3, 0.4) is 0 Å². The van der Waals surface area contributed by atoms with Crippen LogP contribution in [0.15, 0.2) is 0 Å². The molecule has 1 amide bonds. The zero-order valence-electron chi connectivity index (χ0n) is 10.1. The average Bonchev–Trinajstić information content (AvgIpc) is 2.76. The van der Waals surface area contributed by atoms with Crippen LogP contribution in [-0.2, 0) is 14.3 Å². The fourth-order valence-corrected chi connectivity index (χ4v) is 2.34. The molecule has 0 aromatic heterocycles. The summed E-state index contributed by atoms with van der Waals surface area (Å²) in [6.07, 6.45) is 1.83. The maximum Gasteiger partial charge on any atom is 0.240 e. The van der Waals surface area contributed by atoms with Crippen molar-refractivity contribution in [3.05, 3.63) is 0 Å². The summed E-state index contributed by atoms with van der Waals surface area (Å²) < 4.78 is 10.6. The van der Waals surface area contributed by atoms with Gasteiger partial charge in [-0.2, -0.15) is 5.26 Å². The summed E-state index contributed by atoms with van der Waals surface area (Å²) in [6.45, 7) is 3.59. The first-order valence-corrected chi connectivity index (χ1v) is 6.09. The van der Waals surface area contributed by atoms with Crippen LogP contribution >= 0.6 is 0 Å². The number of hydrogen-bond acceptors (Lipinski definition) is 4. The molecule has 2 aliphatic heterocycles. The summed E-state index contributed by atoms with van der Waals surface area (Å²) >= 11 is 0. The van der Waals surface area contributed by atoms with Crippen LogP contribution in [0, 0.1) is 16.7 Å². The van der Waals surface area contributed by atoms with E-state index in [2.05, 4.69) is 11.4 Å². The van der Waals surface area contributed by atoms with Gasteiger partial charge in [0.2, 0.25) is 5.91 Å². The Morgan fingerprint density at radius 1 is 1.41 bits per heavy atom. The van der Waals surface area contributed by atoms with Crippen LogP contribution in [0.1, 0.15) is 26.2 Å². The number of carbonyl (C=O) groups is 1. The normalized spacial score (nSPS) is 31.8. The van der Waals surface area contributed by atoms with E-state index in [0.29, 0.717) is 32.7 Å². The molecule has 1 N–H and O–H groups in total. The Balaban J connectivity index is 2.00. The molecule has 0 bridgehead atoms. The largest absolute Gasteiger partial charge is 0.381 e. The second kappa shape index (κ2) is 5.03. The minimum atomic E-state index is -0.902. The van der Waals surface area contributed by atoms with Crippen LogP contribution in [-0.4, -0.2) is 37.9 Å². The molecular weight excluding hydrogens is 220 g/mol. The van der Waals surface area contributed by atoms with Gasteiger partial charge in [-0.15, -0.1) is 0 Å². The molecule has 2 aliphatic rings. The lowest BCUT2D eigenvalue weighted by Gasteiger charge is -2.31. The number of hydrogen-bond donors (Lipinski definition) is 1. The van der Waals surface area contributed by atoms with Crippen LogP contribution in [0.2, 0.25) is 0 Å². The van der Waals surface area contributed by atoms with Crippen LogP contribution in [0.4, 0.5) is 0 Å². The lowest BCUT2D eigenvalue weighted by atomic mass is 9.80. The van der Waals surface area contributed by atoms with Crippen LogP contribution < -0.4 is 5.32 Å². The molecule has 0 aromatic rings. The van der Waals surface area contributed by atoms with Crippen LogP contribution in [0.5, 0.6) is 0 Å². The molecule has 0 spiro atoms. The molecule has 5 nitrogen and oxygen atoms in total. The van der Waals surface area contributed by atoms with Crippen LogP contribution in [0.25, 0.3) is 0 Å². The molecule has 2 heterocycles. The summed E-state index contributed by atoms with van der Waals surface area (Å²) in [5.74, 6) is -0.161. The number of rotatable bonds is 2. The van der Waals surface area contributed by atoms with Gasteiger partial charge in [-0.3, -0.25) is 4.79 Å². The van der Waals surface area contributed by atoms with Gasteiger partial charge in [0.25, 0.3) is 0 Å². The first kappa shape index (κ1) is 12.3. The Morgan fingerprint density at radius 2 is 2.12 bits per heavy atom. The Hall–Kier alpha value is -1.12. The molecule has 0 aliphatic carbocycles. The Morgan fingerprint density at radius 3 is 2.65 bits per heavy atom. The van der Waals surface area contributed by atoms with Crippen molar-refractivity contribution in [2.75, 3.05) is 19.8 Å². The van der Waals surface area contributed by atoms with E-state index in [0.717, 1.165) is 6.42 Å². The van der Waals surface area contributed by atoms with Crippen molar-refractivity contribution in [2.45, 2.75) is 38.3 Å². The zero-order chi connectivity index (χ0) is 12.3. The van der Waals surface area contributed by atoms with Gasteiger partial charge < -0.3 is 14.8 Å². The van der Waals surface area contributed by atoms with E-state index >= 15 is 0 Å². The number of nitrogens with one attached hydrogen (secondary N) is 1. The van der Waals surface area contributed by atoms with Gasteiger partial charge in [0.05, 0.1) is 18.2 Å². The standard InChI is InChI=1S/C12H18N2O3/c1-9-10(2-5-17-9)14-11(15)12(8-13)3-6-16-7-4-12/h9-10H,2-7H2,1H3,(H,14,15). The quantitative estimate of drug-likeness (QED) is 0.764. The predicted molar refractivity (Wildman–Crippen MR) is 60.1 cm³/mol. The number of ether oxygens (including phenoxy) is 2. The number of nitrogens with zero attached hydrogens (tertiary/aromatic N) is 1. The highest BCUT2D eigenvalue weighted by atomic mass is 16.5. The van der Waals surface area contributed by atoms with E-state index in [9.17, 15) is 10.1 Å². The molecule has 2 atom stereocenters. The molecule has 94 valence electrons. The van der Waals surface area contributed by atoms with Gasteiger partial charge in [0.1, 0.15) is 5.41 Å². The van der Waals surface area contributed by atoms with E-state index in [4.69, 9.17) is 9.47 Å². The molecule has 2 rings (SSSR count). The maximum atomic E-state index is 12.2. The molecule has 5 heteroatoms. The molecule has 2 fully saturated rings. The smallest absolute Gasteiger partial charge is 0.240 e. The molecule has 2 saturated heterocycles. The summed E-state index contributed by atoms with van der Waals surface area (Å²) in [5, 5.41) is 12.2. The van der Waals surface area contributed by atoms with Crippen molar-refractivity contribution in [2.24, 2.45) is 5.41 Å². The van der Waals surface area contributed by atoms with E-state index in [1.165, 1.54) is 0 Å². The van der Waals surface area contributed by atoms with E-state index < -0.39 is 5.41 Å². The molecule has 0 radical (unpaired) electrons. The minimum absolute atomic E-state index is 0.0366. The average molecular weight is 238 g/mol. The third kappa shape index (κ3) is 2.43. The topological polar surface area (TPSA) is 71.3 Å². The summed E-state index contributed by atoms with van der Waals surface area (Å²) in [5.41, 5.74) is -0.902. The summed E-state index contributed by atoms with van der Waals surface area (Å²) in [4.78, 5) is 12.2. The van der Waals surface area contributed by atoms with Crippen molar-refractivity contribution >= 4 is 5.91 Å². The monoisotopic (exact) mass is 238 g/mol. The van der Waals surface area contributed by atoms with Gasteiger partial charge in [0, 0.05) is 19.8 Å². The zero-order valence-corrected chi connectivity index (χ0v) is 10.1. The Labute approximate surface area is 101 Å². The summed E-state index contributed by atoms with van der Waals surface area (Å²) in [6, 6.07) is 2.21. The third-order valence-electron chi connectivity index (χ3n) is 3.69. The molecule has 0 saturated carbocycles. The fraction of sp³-hybridized carbons (Fsp3) is 0.833. The molecular formula is C12H18N2O3. The lowest BCUT2D eigenvalue weighted by Crippen LogP contribution is -2.49. The first-order chi connectivity index (χ1) is 8.18. The highest BCUT2D eigenvalue weighted by Crippen LogP contribution is 2.30. The van der Waals surface area contributed by atoms with E-state index in [1.807, 2.05) is 6.92 Å². The van der Waals surface area contributed by atoms with E-state index in [-0.39, 0.29) is 18.1 Å². The van der Waals surface area contributed by atoms with Gasteiger partial charge in [-0.25, -0.2) is 0 Å². The van der Waals surface area contributed by atoms with Crippen molar-refractivity contribution in [1.29, 1.82) is 5.26 Å². The maximum absolute atomic E-state index is 12.2. The number of carbonyl (C=O) groups excluding carboxylic acids is 1. The Bertz CT molecular complexity index is 331. The van der Waals surface area contributed by atoms with Gasteiger partial charge in [-0.1, -0.05) is 0 Å². The fourth-order valence-electron chi connectivity index (χ4n) is 2.34. The second-order valence-corrected chi connectivity index (χ2v) is 4.75. The van der Waals surface area contributed by atoms with Crippen molar-refractivity contribution in [1.82, 2.24) is 5.32 Å². The van der Waals surface area contributed by atoms with Crippen molar-refractivity contribution < 1.29 is 14.3 Å².